The molecule has 0 aliphatic heterocycles. The first kappa shape index (κ1) is 52.2. The summed E-state index contributed by atoms with van der Waals surface area (Å²) in [5, 5.41) is 28.4. The van der Waals surface area contributed by atoms with Gasteiger partial charge in [0.15, 0.2) is 6.10 Å². The van der Waals surface area contributed by atoms with E-state index in [9.17, 15) is 29.3 Å². The Morgan fingerprint density at radius 3 is 1.70 bits per heavy atom. The molecule has 4 atom stereocenters. The van der Waals surface area contributed by atoms with E-state index in [2.05, 4.69) is 30.5 Å². The SMILES string of the molecule is CC/C=C/C/C=C/C=C/C(O)CCCCCCCC(=O)OC[C@H](COP(=O)(O)OC[C@@H](O)CO)OC(=O)CCCCCCCCCCCCCCCCC. The normalized spacial score (nSPS) is 14.9. The van der Waals surface area contributed by atoms with Crippen molar-refractivity contribution in [2.75, 3.05) is 26.4 Å². The zero-order chi connectivity index (χ0) is 40.0. The summed E-state index contributed by atoms with van der Waals surface area (Å²) in [6, 6.07) is 0. The predicted octanol–water partition coefficient (Wildman–Crippen LogP) is 9.75. The number of rotatable bonds is 39. The first-order valence-electron chi connectivity index (χ1n) is 21.1. The van der Waals surface area contributed by atoms with Crippen LogP contribution in [0.15, 0.2) is 36.5 Å². The van der Waals surface area contributed by atoms with Crippen LogP contribution in [-0.4, -0.2) is 76.9 Å². The van der Waals surface area contributed by atoms with Gasteiger partial charge >= 0.3 is 19.8 Å². The molecule has 2 unspecified atom stereocenters. The molecule has 0 aromatic heterocycles. The van der Waals surface area contributed by atoms with Crippen LogP contribution in [0.2, 0.25) is 0 Å². The molecular formula is C42H77O11P. The second-order valence-corrected chi connectivity index (χ2v) is 15.6. The Balaban J connectivity index is 4.38. The Labute approximate surface area is 327 Å². The van der Waals surface area contributed by atoms with Crippen molar-refractivity contribution >= 4 is 19.8 Å². The average Bonchev–Trinajstić information content (AvgIpc) is 3.15. The summed E-state index contributed by atoms with van der Waals surface area (Å²) < 4.78 is 32.6. The second kappa shape index (κ2) is 38.0. The van der Waals surface area contributed by atoms with Gasteiger partial charge in [-0.1, -0.05) is 166 Å². The quantitative estimate of drug-likeness (QED) is 0.0154. The molecule has 316 valence electrons. The van der Waals surface area contributed by atoms with Crippen LogP contribution in [0.4, 0.5) is 0 Å². The van der Waals surface area contributed by atoms with E-state index < -0.39 is 57.9 Å². The number of carbonyl (C=O) groups is 2. The van der Waals surface area contributed by atoms with Gasteiger partial charge in [-0.3, -0.25) is 18.6 Å². The predicted molar refractivity (Wildman–Crippen MR) is 216 cm³/mol. The Morgan fingerprint density at radius 2 is 1.15 bits per heavy atom. The number of hydrogen-bond donors (Lipinski definition) is 4. The summed E-state index contributed by atoms with van der Waals surface area (Å²) in [5.41, 5.74) is 0. The van der Waals surface area contributed by atoms with E-state index in [-0.39, 0.29) is 19.4 Å². The van der Waals surface area contributed by atoms with Crippen molar-refractivity contribution in [3.8, 4) is 0 Å². The third kappa shape index (κ3) is 37.1. The zero-order valence-electron chi connectivity index (χ0n) is 33.8. The van der Waals surface area contributed by atoms with Gasteiger partial charge in [0.2, 0.25) is 0 Å². The Morgan fingerprint density at radius 1 is 0.630 bits per heavy atom. The molecule has 0 fully saturated rings. The van der Waals surface area contributed by atoms with E-state index in [0.717, 1.165) is 57.8 Å². The molecule has 12 heteroatoms. The van der Waals surface area contributed by atoms with Gasteiger partial charge in [0.1, 0.15) is 12.7 Å². The Hall–Kier alpha value is -1.85. The lowest BCUT2D eigenvalue weighted by Gasteiger charge is -2.20. The van der Waals surface area contributed by atoms with Crippen LogP contribution >= 0.6 is 7.82 Å². The molecule has 0 aliphatic rings. The lowest BCUT2D eigenvalue weighted by atomic mass is 10.0. The van der Waals surface area contributed by atoms with Crippen molar-refractivity contribution < 1.29 is 52.9 Å². The number of unbranched alkanes of at least 4 members (excludes halogenated alkanes) is 18. The van der Waals surface area contributed by atoms with Crippen LogP contribution in [0.5, 0.6) is 0 Å². The van der Waals surface area contributed by atoms with E-state index in [4.69, 9.17) is 19.1 Å². The Kier molecular flexibility index (Phi) is 36.7. The van der Waals surface area contributed by atoms with Crippen LogP contribution in [0.25, 0.3) is 0 Å². The van der Waals surface area contributed by atoms with Gasteiger partial charge < -0.3 is 29.7 Å². The van der Waals surface area contributed by atoms with Gasteiger partial charge in [0, 0.05) is 12.8 Å². The monoisotopic (exact) mass is 789 g/mol. The highest BCUT2D eigenvalue weighted by Crippen LogP contribution is 2.43. The molecule has 0 saturated carbocycles. The van der Waals surface area contributed by atoms with Gasteiger partial charge in [0.25, 0.3) is 0 Å². The fourth-order valence-electron chi connectivity index (χ4n) is 5.65. The van der Waals surface area contributed by atoms with Crippen LogP contribution in [0.3, 0.4) is 0 Å². The molecule has 0 aromatic rings. The van der Waals surface area contributed by atoms with Crippen molar-refractivity contribution in [2.24, 2.45) is 0 Å². The first-order valence-corrected chi connectivity index (χ1v) is 22.5. The average molecular weight is 789 g/mol. The molecule has 0 amide bonds. The molecule has 0 radical (unpaired) electrons. The number of allylic oxidation sites excluding steroid dienone is 5. The van der Waals surface area contributed by atoms with E-state index >= 15 is 0 Å². The van der Waals surface area contributed by atoms with Crippen molar-refractivity contribution in [3.05, 3.63) is 36.5 Å². The minimum absolute atomic E-state index is 0.167. The number of hydrogen-bond acceptors (Lipinski definition) is 10. The van der Waals surface area contributed by atoms with Crippen LogP contribution < -0.4 is 0 Å². The number of ether oxygens (including phenoxy) is 2. The minimum atomic E-state index is -4.64. The highest BCUT2D eigenvalue weighted by molar-refractivity contribution is 7.47. The number of phosphoric ester groups is 1. The molecule has 11 nitrogen and oxygen atoms in total. The maximum atomic E-state index is 12.6. The summed E-state index contributed by atoms with van der Waals surface area (Å²) in [5.74, 6) is -0.998. The van der Waals surface area contributed by atoms with Gasteiger partial charge in [-0.25, -0.2) is 4.57 Å². The summed E-state index contributed by atoms with van der Waals surface area (Å²) in [7, 11) is -4.64. The molecule has 54 heavy (non-hydrogen) atoms. The van der Waals surface area contributed by atoms with Crippen LogP contribution in [0, 0.1) is 0 Å². The van der Waals surface area contributed by atoms with Crippen LogP contribution in [0.1, 0.15) is 174 Å². The number of aliphatic hydroxyl groups is 3. The van der Waals surface area contributed by atoms with Crippen molar-refractivity contribution in [3.63, 3.8) is 0 Å². The maximum Gasteiger partial charge on any atom is 0.472 e. The van der Waals surface area contributed by atoms with Crippen molar-refractivity contribution in [1.82, 2.24) is 0 Å². The van der Waals surface area contributed by atoms with Gasteiger partial charge in [0.05, 0.1) is 25.9 Å². The summed E-state index contributed by atoms with van der Waals surface area (Å²) >= 11 is 0. The van der Waals surface area contributed by atoms with E-state index in [0.29, 0.717) is 19.3 Å². The largest absolute Gasteiger partial charge is 0.472 e. The van der Waals surface area contributed by atoms with E-state index in [1.54, 1.807) is 6.08 Å². The molecule has 0 rings (SSSR count). The molecular weight excluding hydrogens is 711 g/mol. The minimum Gasteiger partial charge on any atom is -0.462 e. The molecule has 0 spiro atoms. The third-order valence-electron chi connectivity index (χ3n) is 8.91. The molecule has 0 saturated heterocycles. The Bertz CT molecular complexity index is 1020. The summed E-state index contributed by atoms with van der Waals surface area (Å²) in [4.78, 5) is 34.9. The van der Waals surface area contributed by atoms with Gasteiger partial charge in [-0.2, -0.15) is 0 Å². The number of esters is 2. The zero-order valence-corrected chi connectivity index (χ0v) is 34.7. The smallest absolute Gasteiger partial charge is 0.462 e. The second-order valence-electron chi connectivity index (χ2n) is 14.2. The summed E-state index contributed by atoms with van der Waals surface area (Å²) in [6.45, 7) is 2.14. The number of carbonyl (C=O) groups excluding carboxylic acids is 2. The van der Waals surface area contributed by atoms with E-state index in [1.807, 2.05) is 18.2 Å². The van der Waals surface area contributed by atoms with Crippen LogP contribution in [-0.2, 0) is 32.7 Å². The fraction of sp³-hybridized carbons (Fsp3) is 0.810. The number of aliphatic hydroxyl groups excluding tert-OH is 3. The van der Waals surface area contributed by atoms with Crippen molar-refractivity contribution in [1.29, 1.82) is 0 Å². The fourth-order valence-corrected chi connectivity index (χ4v) is 6.44. The molecule has 0 bridgehead atoms. The third-order valence-corrected chi connectivity index (χ3v) is 9.86. The van der Waals surface area contributed by atoms with Crippen molar-refractivity contribution in [2.45, 2.75) is 193 Å². The van der Waals surface area contributed by atoms with E-state index in [1.165, 1.54) is 70.6 Å². The highest BCUT2D eigenvalue weighted by atomic mass is 31.2. The van der Waals surface area contributed by atoms with Gasteiger partial charge in [-0.15, -0.1) is 0 Å². The topological polar surface area (TPSA) is 169 Å². The molecule has 0 heterocycles. The lowest BCUT2D eigenvalue weighted by molar-refractivity contribution is -0.161. The first-order chi connectivity index (χ1) is 26.1. The van der Waals surface area contributed by atoms with Gasteiger partial charge in [-0.05, 0) is 32.1 Å². The molecule has 0 aromatic carbocycles. The summed E-state index contributed by atoms with van der Waals surface area (Å²) in [6.07, 6.45) is 34.1. The maximum absolute atomic E-state index is 12.6. The highest BCUT2D eigenvalue weighted by Gasteiger charge is 2.27. The number of phosphoric acid groups is 1. The molecule has 0 aliphatic carbocycles. The standard InChI is InChI=1S/C42H77O11P/c1-3-5-7-9-11-12-13-14-15-16-17-18-20-24-29-33-42(47)53-40(37-52-54(48,49)51-35-39(45)34-43)36-50-41(46)32-28-25-21-23-27-31-38(44)30-26-22-19-10-8-6-4-2/h6,8,19,22,26,30,38-40,43-45H,3-5,7,9-18,20-21,23-25,27-29,31-37H2,1-2H3,(H,48,49)/b8-6+,22-19+,30-26+/t38?,39-,40+/m0/s1. The lowest BCUT2D eigenvalue weighted by Crippen LogP contribution is -2.29. The molecule has 4 N–H and O–H groups in total.